The first-order valence-corrected chi connectivity index (χ1v) is 10.3. The van der Waals surface area contributed by atoms with Gasteiger partial charge in [0.1, 0.15) is 6.04 Å². The summed E-state index contributed by atoms with van der Waals surface area (Å²) in [5.41, 5.74) is 0.861. The van der Waals surface area contributed by atoms with E-state index in [2.05, 4.69) is 29.4 Å². The van der Waals surface area contributed by atoms with Gasteiger partial charge in [0.25, 0.3) is 0 Å². The van der Waals surface area contributed by atoms with Gasteiger partial charge >= 0.3 is 6.03 Å². The van der Waals surface area contributed by atoms with Crippen molar-refractivity contribution in [1.82, 2.24) is 15.5 Å². The molecule has 0 spiro atoms. The molecule has 1 heterocycles. The summed E-state index contributed by atoms with van der Waals surface area (Å²) in [7, 11) is 0. The number of rotatable bonds is 5. The number of nitrogens with zero attached hydrogens (tertiary/aromatic N) is 2. The number of halogens is 1. The lowest BCUT2D eigenvalue weighted by atomic mass is 9.95. The van der Waals surface area contributed by atoms with Crippen LogP contribution >= 0.6 is 11.6 Å². The number of carbonyl (C=O) groups is 2. The molecule has 1 aromatic carbocycles. The van der Waals surface area contributed by atoms with Gasteiger partial charge in [-0.1, -0.05) is 25.4 Å². The third-order valence-corrected chi connectivity index (χ3v) is 5.24. The van der Waals surface area contributed by atoms with Crippen LogP contribution in [0.25, 0.3) is 0 Å². The standard InChI is InChI=1S/C21H33ClN4O2/c1-14(2)18(24-20(28)23-15(3)4)19(27)25-11-12-26(21(5,6)13-25)17-9-7-16(22)8-10-17/h7-10,14-15,18H,11-13H2,1-6H3,(H2,23,24,28)/t18-/m1/s1. The van der Waals surface area contributed by atoms with Gasteiger partial charge in [-0.15, -0.1) is 0 Å². The minimum absolute atomic E-state index is 0.00261. The van der Waals surface area contributed by atoms with Crippen molar-refractivity contribution in [2.24, 2.45) is 5.92 Å². The van der Waals surface area contributed by atoms with E-state index >= 15 is 0 Å². The van der Waals surface area contributed by atoms with Gasteiger partial charge in [-0.2, -0.15) is 0 Å². The first-order valence-electron chi connectivity index (χ1n) is 9.90. The Kier molecular flexibility index (Phi) is 7.21. The highest BCUT2D eigenvalue weighted by Crippen LogP contribution is 2.29. The summed E-state index contributed by atoms with van der Waals surface area (Å²) in [6.07, 6.45) is 0. The molecule has 3 amide bonds. The normalized spacial score (nSPS) is 17.6. The average Bonchev–Trinajstić information content (AvgIpc) is 2.58. The van der Waals surface area contributed by atoms with E-state index < -0.39 is 6.04 Å². The van der Waals surface area contributed by atoms with Crippen molar-refractivity contribution in [2.75, 3.05) is 24.5 Å². The van der Waals surface area contributed by atoms with Crippen LogP contribution in [0.1, 0.15) is 41.5 Å². The van der Waals surface area contributed by atoms with Crippen LogP contribution in [0.5, 0.6) is 0 Å². The van der Waals surface area contributed by atoms with Crippen molar-refractivity contribution >= 4 is 29.2 Å². The molecular formula is C21H33ClN4O2. The highest BCUT2D eigenvalue weighted by molar-refractivity contribution is 6.30. The summed E-state index contributed by atoms with van der Waals surface area (Å²) in [5.74, 6) is -0.0273. The fraction of sp³-hybridized carbons (Fsp3) is 0.619. The smallest absolute Gasteiger partial charge is 0.315 e. The zero-order chi connectivity index (χ0) is 21.1. The Balaban J connectivity index is 2.10. The second-order valence-electron chi connectivity index (χ2n) is 8.69. The number of amides is 3. The first-order chi connectivity index (χ1) is 13.0. The number of hydrogen-bond acceptors (Lipinski definition) is 3. The lowest BCUT2D eigenvalue weighted by Crippen LogP contribution is -2.64. The van der Waals surface area contributed by atoms with Crippen LogP contribution in [0.3, 0.4) is 0 Å². The van der Waals surface area contributed by atoms with Gasteiger partial charge in [0.05, 0.1) is 5.54 Å². The second kappa shape index (κ2) is 9.03. The molecule has 7 heteroatoms. The summed E-state index contributed by atoms with van der Waals surface area (Å²) in [6, 6.07) is 6.96. The first kappa shape index (κ1) is 22.3. The highest BCUT2D eigenvalue weighted by Gasteiger charge is 2.38. The average molecular weight is 409 g/mol. The van der Waals surface area contributed by atoms with E-state index in [4.69, 9.17) is 11.6 Å². The number of urea groups is 1. The molecule has 6 nitrogen and oxygen atoms in total. The van der Waals surface area contributed by atoms with Gasteiger partial charge in [0, 0.05) is 36.4 Å². The Bertz CT molecular complexity index is 688. The van der Waals surface area contributed by atoms with E-state index in [1.807, 2.05) is 56.9 Å². The van der Waals surface area contributed by atoms with E-state index in [1.54, 1.807) is 0 Å². The molecule has 0 aromatic heterocycles. The van der Waals surface area contributed by atoms with E-state index in [0.717, 1.165) is 12.2 Å². The lowest BCUT2D eigenvalue weighted by molar-refractivity contribution is -0.135. The van der Waals surface area contributed by atoms with Crippen molar-refractivity contribution in [3.8, 4) is 0 Å². The van der Waals surface area contributed by atoms with Crippen LogP contribution in [0.15, 0.2) is 24.3 Å². The molecule has 2 rings (SSSR count). The van der Waals surface area contributed by atoms with E-state index in [-0.39, 0.29) is 29.4 Å². The fourth-order valence-electron chi connectivity index (χ4n) is 3.60. The summed E-state index contributed by atoms with van der Waals surface area (Å²) in [4.78, 5) is 29.5. The van der Waals surface area contributed by atoms with Crippen LogP contribution in [0.4, 0.5) is 10.5 Å². The largest absolute Gasteiger partial charge is 0.363 e. The van der Waals surface area contributed by atoms with Crippen LogP contribution in [-0.2, 0) is 4.79 Å². The zero-order valence-corrected chi connectivity index (χ0v) is 18.5. The molecule has 0 unspecified atom stereocenters. The number of hydrogen-bond donors (Lipinski definition) is 2. The molecule has 1 saturated heterocycles. The maximum Gasteiger partial charge on any atom is 0.315 e. The Morgan fingerprint density at radius 1 is 1.04 bits per heavy atom. The molecule has 28 heavy (non-hydrogen) atoms. The number of benzene rings is 1. The SMILES string of the molecule is CC(C)NC(=O)N[C@@H](C(=O)N1CCN(c2ccc(Cl)cc2)C(C)(C)C1)C(C)C. The van der Waals surface area contributed by atoms with Crippen LogP contribution < -0.4 is 15.5 Å². The second-order valence-corrected chi connectivity index (χ2v) is 9.13. The van der Waals surface area contributed by atoms with Crippen LogP contribution in [0, 0.1) is 5.92 Å². The summed E-state index contributed by atoms with van der Waals surface area (Å²) < 4.78 is 0. The lowest BCUT2D eigenvalue weighted by Gasteiger charge is -2.49. The van der Waals surface area contributed by atoms with Crippen molar-refractivity contribution in [1.29, 1.82) is 0 Å². The summed E-state index contributed by atoms with van der Waals surface area (Å²) in [5, 5.41) is 6.36. The van der Waals surface area contributed by atoms with Crippen molar-refractivity contribution in [3.63, 3.8) is 0 Å². The van der Waals surface area contributed by atoms with Crippen molar-refractivity contribution < 1.29 is 9.59 Å². The van der Waals surface area contributed by atoms with Gasteiger partial charge in [-0.3, -0.25) is 4.79 Å². The zero-order valence-electron chi connectivity index (χ0n) is 17.8. The molecule has 1 aliphatic heterocycles. The molecule has 0 radical (unpaired) electrons. The third-order valence-electron chi connectivity index (χ3n) is 4.99. The highest BCUT2D eigenvalue weighted by atomic mass is 35.5. The summed E-state index contributed by atoms with van der Waals surface area (Å²) in [6.45, 7) is 13.9. The van der Waals surface area contributed by atoms with Gasteiger partial charge in [0.2, 0.25) is 5.91 Å². The Morgan fingerprint density at radius 2 is 1.64 bits per heavy atom. The van der Waals surface area contributed by atoms with Gasteiger partial charge in [-0.25, -0.2) is 4.79 Å². The molecule has 1 aromatic rings. The molecule has 0 aliphatic carbocycles. The Labute approximate surface area is 173 Å². The van der Waals surface area contributed by atoms with E-state index in [9.17, 15) is 9.59 Å². The number of piperazine rings is 1. The topological polar surface area (TPSA) is 64.7 Å². The molecule has 0 bridgehead atoms. The van der Waals surface area contributed by atoms with Gasteiger partial charge < -0.3 is 20.4 Å². The van der Waals surface area contributed by atoms with Gasteiger partial charge in [0.15, 0.2) is 0 Å². The molecule has 156 valence electrons. The Hall–Kier alpha value is -1.95. The molecular weight excluding hydrogens is 376 g/mol. The maximum absolute atomic E-state index is 13.2. The maximum atomic E-state index is 13.2. The molecule has 2 N–H and O–H groups in total. The van der Waals surface area contributed by atoms with Crippen molar-refractivity contribution in [2.45, 2.75) is 59.2 Å². The van der Waals surface area contributed by atoms with Crippen molar-refractivity contribution in [3.05, 3.63) is 29.3 Å². The molecule has 1 aliphatic rings. The Morgan fingerprint density at radius 3 is 2.14 bits per heavy atom. The predicted molar refractivity (Wildman–Crippen MR) is 115 cm³/mol. The third kappa shape index (κ3) is 5.53. The van der Waals surface area contributed by atoms with Crippen LogP contribution in [0.2, 0.25) is 5.02 Å². The molecule has 1 atom stereocenters. The minimum atomic E-state index is -0.545. The molecule has 0 saturated carbocycles. The fourth-order valence-corrected chi connectivity index (χ4v) is 3.72. The molecule has 1 fully saturated rings. The quantitative estimate of drug-likeness (QED) is 0.783. The monoisotopic (exact) mass is 408 g/mol. The number of carbonyl (C=O) groups excluding carboxylic acids is 2. The number of nitrogens with one attached hydrogen (secondary N) is 2. The van der Waals surface area contributed by atoms with Crippen LogP contribution in [-0.4, -0.2) is 54.1 Å². The summed E-state index contributed by atoms with van der Waals surface area (Å²) >= 11 is 6.01. The van der Waals surface area contributed by atoms with E-state index in [1.165, 1.54) is 0 Å². The van der Waals surface area contributed by atoms with Gasteiger partial charge in [-0.05, 0) is 57.9 Å². The van der Waals surface area contributed by atoms with E-state index in [0.29, 0.717) is 18.1 Å². The number of anilines is 1. The minimum Gasteiger partial charge on any atom is -0.363 e. The predicted octanol–water partition coefficient (Wildman–Crippen LogP) is 3.50.